The van der Waals surface area contributed by atoms with E-state index < -0.39 is 6.67 Å². The molecule has 0 radical (unpaired) electrons. The van der Waals surface area contributed by atoms with E-state index in [-0.39, 0.29) is 0 Å². The van der Waals surface area contributed by atoms with Crippen LogP contribution in [0.3, 0.4) is 0 Å². The quantitative estimate of drug-likeness (QED) is 0.592. The summed E-state index contributed by atoms with van der Waals surface area (Å²) in [7, 11) is 0. The molecular formula is C8H10FN. The topological polar surface area (TPSA) is 26.0 Å². The molecule has 2 N–H and O–H groups in total. The standard InChI is InChI=1S/C8H10FN/c1-6-2-7(5-9)4-8(10)3-6/h2-4H,5,10H2,1H3. The lowest BCUT2D eigenvalue weighted by atomic mass is 10.1. The van der Waals surface area contributed by atoms with Crippen LogP contribution in [0.5, 0.6) is 0 Å². The molecule has 0 unspecified atom stereocenters. The molecule has 0 saturated heterocycles. The molecule has 0 bridgehead atoms. The van der Waals surface area contributed by atoms with Crippen LogP contribution in [-0.4, -0.2) is 0 Å². The van der Waals surface area contributed by atoms with E-state index in [9.17, 15) is 4.39 Å². The van der Waals surface area contributed by atoms with Crippen LogP contribution in [0.15, 0.2) is 18.2 Å². The van der Waals surface area contributed by atoms with Gasteiger partial charge in [0.2, 0.25) is 0 Å². The summed E-state index contributed by atoms with van der Waals surface area (Å²) >= 11 is 0. The fourth-order valence-corrected chi connectivity index (χ4v) is 0.972. The van der Waals surface area contributed by atoms with Crippen molar-refractivity contribution in [2.45, 2.75) is 13.6 Å². The van der Waals surface area contributed by atoms with Gasteiger partial charge in [-0.2, -0.15) is 0 Å². The van der Waals surface area contributed by atoms with E-state index in [0.717, 1.165) is 5.56 Å². The van der Waals surface area contributed by atoms with Gasteiger partial charge in [0.05, 0.1) is 0 Å². The molecule has 0 spiro atoms. The predicted octanol–water partition coefficient (Wildman–Crippen LogP) is 2.05. The minimum absolute atomic E-state index is 0.439. The average molecular weight is 139 g/mol. The van der Waals surface area contributed by atoms with Crippen LogP contribution < -0.4 is 5.73 Å². The van der Waals surface area contributed by atoms with Gasteiger partial charge in [-0.25, -0.2) is 4.39 Å². The van der Waals surface area contributed by atoms with Crippen molar-refractivity contribution in [1.29, 1.82) is 0 Å². The number of hydrogen-bond acceptors (Lipinski definition) is 1. The van der Waals surface area contributed by atoms with E-state index in [2.05, 4.69) is 0 Å². The maximum Gasteiger partial charge on any atom is 0.115 e. The maximum atomic E-state index is 12.0. The minimum atomic E-state index is -0.439. The van der Waals surface area contributed by atoms with Crippen molar-refractivity contribution in [2.24, 2.45) is 0 Å². The highest BCUT2D eigenvalue weighted by atomic mass is 19.1. The average Bonchev–Trinajstić information content (AvgIpc) is 1.85. The molecule has 0 fully saturated rings. The van der Waals surface area contributed by atoms with Crippen molar-refractivity contribution in [3.63, 3.8) is 0 Å². The van der Waals surface area contributed by atoms with E-state index in [1.165, 1.54) is 0 Å². The van der Waals surface area contributed by atoms with Gasteiger partial charge in [0.15, 0.2) is 0 Å². The third-order valence-corrected chi connectivity index (χ3v) is 1.31. The fourth-order valence-electron chi connectivity index (χ4n) is 0.972. The van der Waals surface area contributed by atoms with Crippen LogP contribution in [0.1, 0.15) is 11.1 Å². The molecule has 0 aliphatic carbocycles. The Labute approximate surface area is 59.7 Å². The van der Waals surface area contributed by atoms with Crippen molar-refractivity contribution >= 4 is 5.69 Å². The Morgan fingerprint density at radius 3 is 2.60 bits per heavy atom. The van der Waals surface area contributed by atoms with Crippen LogP contribution in [0.25, 0.3) is 0 Å². The van der Waals surface area contributed by atoms with Crippen molar-refractivity contribution < 1.29 is 4.39 Å². The molecule has 0 saturated carbocycles. The van der Waals surface area contributed by atoms with Gasteiger partial charge in [-0.05, 0) is 30.2 Å². The number of aryl methyl sites for hydroxylation is 1. The van der Waals surface area contributed by atoms with Crippen molar-refractivity contribution in [1.82, 2.24) is 0 Å². The second-order valence-electron chi connectivity index (χ2n) is 2.39. The maximum absolute atomic E-state index is 12.0. The third kappa shape index (κ3) is 1.47. The van der Waals surface area contributed by atoms with Crippen LogP contribution in [-0.2, 0) is 6.67 Å². The van der Waals surface area contributed by atoms with Crippen LogP contribution >= 0.6 is 0 Å². The summed E-state index contributed by atoms with van der Waals surface area (Å²) in [6, 6.07) is 5.25. The lowest BCUT2D eigenvalue weighted by Gasteiger charge is -1.98. The summed E-state index contributed by atoms with van der Waals surface area (Å²) in [5.41, 5.74) is 7.76. The van der Waals surface area contributed by atoms with Gasteiger partial charge in [0, 0.05) is 5.69 Å². The first-order valence-corrected chi connectivity index (χ1v) is 3.14. The summed E-state index contributed by atoms with van der Waals surface area (Å²) in [6.07, 6.45) is 0. The summed E-state index contributed by atoms with van der Waals surface area (Å²) in [5.74, 6) is 0. The van der Waals surface area contributed by atoms with E-state index in [0.29, 0.717) is 11.3 Å². The zero-order valence-corrected chi connectivity index (χ0v) is 5.89. The van der Waals surface area contributed by atoms with E-state index in [1.54, 1.807) is 12.1 Å². The van der Waals surface area contributed by atoms with Gasteiger partial charge in [0.1, 0.15) is 6.67 Å². The fraction of sp³-hybridized carbons (Fsp3) is 0.250. The Morgan fingerprint density at radius 2 is 2.10 bits per heavy atom. The van der Waals surface area contributed by atoms with Gasteiger partial charge in [-0.15, -0.1) is 0 Å². The minimum Gasteiger partial charge on any atom is -0.399 e. The zero-order valence-electron chi connectivity index (χ0n) is 5.89. The first-order valence-electron chi connectivity index (χ1n) is 3.14. The van der Waals surface area contributed by atoms with Gasteiger partial charge in [-0.3, -0.25) is 0 Å². The molecule has 1 aromatic rings. The summed E-state index contributed by atoms with van der Waals surface area (Å²) in [5, 5.41) is 0. The number of nitrogens with two attached hydrogens (primary N) is 1. The van der Waals surface area contributed by atoms with Gasteiger partial charge >= 0.3 is 0 Å². The molecule has 0 heterocycles. The Hall–Kier alpha value is -1.05. The lowest BCUT2D eigenvalue weighted by Crippen LogP contribution is -1.88. The first kappa shape index (κ1) is 7.06. The summed E-state index contributed by atoms with van der Waals surface area (Å²) < 4.78 is 12.0. The number of nitrogen functional groups attached to an aromatic ring is 1. The van der Waals surface area contributed by atoms with Crippen molar-refractivity contribution in [2.75, 3.05) is 5.73 Å². The van der Waals surface area contributed by atoms with Gasteiger partial charge in [0.25, 0.3) is 0 Å². The molecule has 0 aliphatic rings. The summed E-state index contributed by atoms with van der Waals surface area (Å²) in [6.45, 7) is 1.46. The number of anilines is 1. The number of benzene rings is 1. The highest BCUT2D eigenvalue weighted by molar-refractivity contribution is 5.43. The molecular weight excluding hydrogens is 129 g/mol. The number of rotatable bonds is 1. The van der Waals surface area contributed by atoms with Crippen molar-refractivity contribution in [3.8, 4) is 0 Å². The smallest absolute Gasteiger partial charge is 0.115 e. The molecule has 1 rings (SSSR count). The second kappa shape index (κ2) is 2.69. The highest BCUT2D eigenvalue weighted by Crippen LogP contribution is 2.11. The Morgan fingerprint density at radius 1 is 1.40 bits per heavy atom. The Kier molecular flexibility index (Phi) is 1.90. The molecule has 10 heavy (non-hydrogen) atoms. The van der Waals surface area contributed by atoms with Crippen LogP contribution in [0.4, 0.5) is 10.1 Å². The first-order chi connectivity index (χ1) is 4.72. The molecule has 2 heteroatoms. The van der Waals surface area contributed by atoms with Gasteiger partial charge in [-0.1, -0.05) is 6.07 Å². The number of hydrogen-bond donors (Lipinski definition) is 1. The van der Waals surface area contributed by atoms with Crippen molar-refractivity contribution in [3.05, 3.63) is 29.3 Å². The van der Waals surface area contributed by atoms with E-state index in [1.807, 2.05) is 13.0 Å². The molecule has 54 valence electrons. The highest BCUT2D eigenvalue weighted by Gasteiger charge is 1.93. The molecule has 0 aliphatic heterocycles. The predicted molar refractivity (Wildman–Crippen MR) is 40.4 cm³/mol. The van der Waals surface area contributed by atoms with Crippen LogP contribution in [0, 0.1) is 6.92 Å². The lowest BCUT2D eigenvalue weighted by molar-refractivity contribution is 0.485. The normalized spacial score (nSPS) is 9.80. The van der Waals surface area contributed by atoms with Crippen LogP contribution in [0.2, 0.25) is 0 Å². The Bertz CT molecular complexity index is 212. The summed E-state index contributed by atoms with van der Waals surface area (Å²) in [4.78, 5) is 0. The molecule has 1 aromatic carbocycles. The van der Waals surface area contributed by atoms with E-state index >= 15 is 0 Å². The molecule has 0 amide bonds. The largest absolute Gasteiger partial charge is 0.399 e. The Balaban J connectivity index is 3.06. The number of halogens is 1. The SMILES string of the molecule is Cc1cc(N)cc(CF)c1. The molecule has 0 atom stereocenters. The molecule has 1 nitrogen and oxygen atoms in total. The van der Waals surface area contributed by atoms with E-state index in [4.69, 9.17) is 5.73 Å². The number of alkyl halides is 1. The monoisotopic (exact) mass is 139 g/mol. The zero-order chi connectivity index (χ0) is 7.56. The third-order valence-electron chi connectivity index (χ3n) is 1.31. The second-order valence-corrected chi connectivity index (χ2v) is 2.39. The van der Waals surface area contributed by atoms with Gasteiger partial charge < -0.3 is 5.73 Å². The molecule has 0 aromatic heterocycles.